The van der Waals surface area contributed by atoms with E-state index in [-0.39, 0.29) is 31.2 Å². The van der Waals surface area contributed by atoms with Crippen molar-refractivity contribution in [2.45, 2.75) is 64.3 Å². The Balaban J connectivity index is 2.16. The van der Waals surface area contributed by atoms with Crippen molar-refractivity contribution in [2.24, 2.45) is 5.41 Å². The Labute approximate surface area is 155 Å². The molecule has 0 unspecified atom stereocenters. The molecule has 0 bridgehead atoms. The van der Waals surface area contributed by atoms with Gasteiger partial charge >= 0.3 is 6.18 Å². The van der Waals surface area contributed by atoms with Crippen LogP contribution in [0.3, 0.4) is 0 Å². The van der Waals surface area contributed by atoms with Gasteiger partial charge in [0.25, 0.3) is 5.91 Å². The summed E-state index contributed by atoms with van der Waals surface area (Å²) in [5, 5.41) is 1.78. The van der Waals surface area contributed by atoms with Crippen LogP contribution in [0.15, 0.2) is 11.3 Å². The lowest BCUT2D eigenvalue weighted by Crippen LogP contribution is -2.66. The first kappa shape index (κ1) is 19.9. The van der Waals surface area contributed by atoms with E-state index in [1.54, 1.807) is 19.2 Å². The van der Waals surface area contributed by atoms with Crippen LogP contribution in [0.25, 0.3) is 0 Å². The number of rotatable bonds is 3. The summed E-state index contributed by atoms with van der Waals surface area (Å²) in [6.45, 7) is 4.88. The maximum Gasteiger partial charge on any atom is 0.425 e. The van der Waals surface area contributed by atoms with Gasteiger partial charge in [0.15, 0.2) is 5.78 Å². The average Bonchev–Trinajstić information content (AvgIpc) is 3.06. The molecule has 6 nitrogen and oxygen atoms in total. The third-order valence-corrected chi connectivity index (χ3v) is 5.32. The Hall–Kier alpha value is -1.90. The average molecular weight is 388 g/mol. The maximum atomic E-state index is 14.2. The van der Waals surface area contributed by atoms with E-state index in [2.05, 4.69) is 0 Å². The highest BCUT2D eigenvalue weighted by Gasteiger charge is 2.71. The van der Waals surface area contributed by atoms with E-state index < -0.39 is 40.3 Å². The molecule has 1 fully saturated rings. The summed E-state index contributed by atoms with van der Waals surface area (Å²) in [6, 6.07) is 0. The standard InChI is InChI=1S/C18H23F3N2O4/c1-10(24)22-17(18(19,20)21)14-12(7-16(2,3)8-13(14)25)23(15(17)26)9-11-5-4-6-27-11/h11H,4-9H2,1-3H3,(H,22,24)/t11-,17-/m0/s1. The fourth-order valence-electron chi connectivity index (χ4n) is 4.27. The summed E-state index contributed by atoms with van der Waals surface area (Å²) in [6.07, 6.45) is -4.11. The van der Waals surface area contributed by atoms with Crippen LogP contribution in [0.5, 0.6) is 0 Å². The summed E-state index contributed by atoms with van der Waals surface area (Å²) in [5.41, 5.74) is -4.47. The van der Waals surface area contributed by atoms with Gasteiger partial charge in [-0.05, 0) is 24.7 Å². The smallest absolute Gasteiger partial charge is 0.376 e. The van der Waals surface area contributed by atoms with Crippen molar-refractivity contribution < 1.29 is 32.3 Å². The molecule has 2 atom stereocenters. The largest absolute Gasteiger partial charge is 0.425 e. The molecule has 0 aromatic carbocycles. The quantitative estimate of drug-likeness (QED) is 0.803. The number of nitrogens with one attached hydrogen (secondary N) is 1. The second-order valence-electron chi connectivity index (χ2n) is 8.24. The van der Waals surface area contributed by atoms with Crippen molar-refractivity contribution >= 4 is 17.6 Å². The molecule has 27 heavy (non-hydrogen) atoms. The number of hydrogen-bond acceptors (Lipinski definition) is 4. The number of Topliss-reactive ketones (excluding diaryl/α,β-unsaturated/α-hetero) is 1. The van der Waals surface area contributed by atoms with Gasteiger partial charge in [-0.1, -0.05) is 13.8 Å². The fraction of sp³-hybridized carbons (Fsp3) is 0.722. The van der Waals surface area contributed by atoms with Crippen molar-refractivity contribution in [3.63, 3.8) is 0 Å². The summed E-state index contributed by atoms with van der Waals surface area (Å²) >= 11 is 0. The van der Waals surface area contributed by atoms with E-state index in [1.165, 1.54) is 0 Å². The van der Waals surface area contributed by atoms with Crippen molar-refractivity contribution in [2.75, 3.05) is 13.2 Å². The van der Waals surface area contributed by atoms with Crippen LogP contribution in [0.1, 0.15) is 46.5 Å². The Bertz CT molecular complexity index is 723. The van der Waals surface area contributed by atoms with Crippen LogP contribution in [-0.4, -0.2) is 53.5 Å². The number of allylic oxidation sites excluding steroid dienone is 1. The molecule has 1 N–H and O–H groups in total. The zero-order chi connectivity index (χ0) is 20.2. The molecule has 0 spiro atoms. The molecule has 2 aliphatic heterocycles. The van der Waals surface area contributed by atoms with E-state index in [1.807, 2.05) is 0 Å². The normalized spacial score (nSPS) is 30.7. The number of amides is 2. The first-order valence-corrected chi connectivity index (χ1v) is 8.95. The lowest BCUT2D eigenvalue weighted by atomic mass is 9.72. The van der Waals surface area contributed by atoms with Gasteiger partial charge in [-0.15, -0.1) is 0 Å². The Morgan fingerprint density at radius 2 is 1.96 bits per heavy atom. The van der Waals surface area contributed by atoms with E-state index in [0.29, 0.717) is 13.0 Å². The van der Waals surface area contributed by atoms with Gasteiger partial charge in [0.05, 0.1) is 18.2 Å². The fourth-order valence-corrected chi connectivity index (χ4v) is 4.27. The van der Waals surface area contributed by atoms with Crippen LogP contribution < -0.4 is 5.32 Å². The van der Waals surface area contributed by atoms with Crippen LogP contribution in [0, 0.1) is 5.41 Å². The van der Waals surface area contributed by atoms with Crippen molar-refractivity contribution in [3.8, 4) is 0 Å². The minimum Gasteiger partial charge on any atom is -0.376 e. The number of carbonyl (C=O) groups is 3. The maximum absolute atomic E-state index is 14.2. The van der Waals surface area contributed by atoms with Crippen LogP contribution >= 0.6 is 0 Å². The molecule has 0 saturated carbocycles. The number of alkyl halides is 3. The Morgan fingerprint density at radius 1 is 1.30 bits per heavy atom. The van der Waals surface area contributed by atoms with E-state index in [0.717, 1.165) is 18.2 Å². The number of nitrogens with zero attached hydrogens (tertiary/aromatic N) is 1. The van der Waals surface area contributed by atoms with Gasteiger partial charge in [-0.25, -0.2) is 0 Å². The highest BCUT2D eigenvalue weighted by Crippen LogP contribution is 2.51. The molecular weight excluding hydrogens is 365 g/mol. The van der Waals surface area contributed by atoms with E-state index >= 15 is 0 Å². The summed E-state index contributed by atoms with van der Waals surface area (Å²) < 4.78 is 48.0. The molecule has 1 aliphatic carbocycles. The zero-order valence-corrected chi connectivity index (χ0v) is 15.5. The molecule has 2 amide bonds. The van der Waals surface area contributed by atoms with Crippen LogP contribution in [-0.2, 0) is 19.1 Å². The van der Waals surface area contributed by atoms with Crippen LogP contribution in [0.2, 0.25) is 0 Å². The number of halogens is 3. The second-order valence-corrected chi connectivity index (χ2v) is 8.24. The van der Waals surface area contributed by atoms with Crippen molar-refractivity contribution in [3.05, 3.63) is 11.3 Å². The second kappa shape index (κ2) is 6.32. The van der Waals surface area contributed by atoms with Gasteiger partial charge in [0, 0.05) is 25.6 Å². The van der Waals surface area contributed by atoms with Gasteiger partial charge in [-0.3, -0.25) is 14.4 Å². The molecule has 1 saturated heterocycles. The number of ketones is 1. The van der Waals surface area contributed by atoms with Crippen molar-refractivity contribution in [1.29, 1.82) is 0 Å². The van der Waals surface area contributed by atoms with Crippen LogP contribution in [0.4, 0.5) is 13.2 Å². The lowest BCUT2D eigenvalue weighted by Gasteiger charge is -2.35. The summed E-state index contributed by atoms with van der Waals surface area (Å²) in [5.74, 6) is -3.10. The topological polar surface area (TPSA) is 75.7 Å². The molecule has 0 radical (unpaired) electrons. The molecule has 2 heterocycles. The predicted octanol–water partition coefficient (Wildman–Crippen LogP) is 2.09. The van der Waals surface area contributed by atoms with E-state index in [9.17, 15) is 27.6 Å². The Kier molecular flexibility index (Phi) is 4.65. The molecule has 150 valence electrons. The van der Waals surface area contributed by atoms with E-state index in [4.69, 9.17) is 4.74 Å². The number of ether oxygens (including phenoxy) is 1. The molecule has 0 aromatic heterocycles. The summed E-state index contributed by atoms with van der Waals surface area (Å²) in [7, 11) is 0. The summed E-state index contributed by atoms with van der Waals surface area (Å²) in [4.78, 5) is 38.4. The number of carbonyl (C=O) groups excluding carboxylic acids is 3. The molecule has 3 aliphatic rings. The molecule has 0 aromatic rings. The Morgan fingerprint density at radius 3 is 2.48 bits per heavy atom. The monoisotopic (exact) mass is 388 g/mol. The molecule has 3 rings (SSSR count). The first-order valence-electron chi connectivity index (χ1n) is 8.95. The molecular formula is C18H23F3N2O4. The predicted molar refractivity (Wildman–Crippen MR) is 88.3 cm³/mol. The van der Waals surface area contributed by atoms with Gasteiger partial charge in [0.2, 0.25) is 11.4 Å². The van der Waals surface area contributed by atoms with Gasteiger partial charge in [-0.2, -0.15) is 13.2 Å². The number of hydrogen-bond donors (Lipinski definition) is 1. The first-order chi connectivity index (χ1) is 12.4. The molecule has 9 heteroatoms. The highest BCUT2D eigenvalue weighted by molar-refractivity contribution is 6.13. The highest BCUT2D eigenvalue weighted by atomic mass is 19.4. The minimum absolute atomic E-state index is 0.0571. The minimum atomic E-state index is -5.14. The third-order valence-electron chi connectivity index (χ3n) is 5.32. The third kappa shape index (κ3) is 3.15. The van der Waals surface area contributed by atoms with Gasteiger partial charge in [0.1, 0.15) is 0 Å². The SMILES string of the molecule is CC(=O)N[C@]1(C(F)(F)F)C(=O)N(C[C@@H]2CCCO2)C2=C1C(=O)CC(C)(C)C2. The van der Waals surface area contributed by atoms with Crippen molar-refractivity contribution in [1.82, 2.24) is 10.2 Å². The lowest BCUT2D eigenvalue weighted by molar-refractivity contribution is -0.194. The zero-order valence-electron chi connectivity index (χ0n) is 15.5. The van der Waals surface area contributed by atoms with Gasteiger partial charge < -0.3 is 15.0 Å².